The smallest absolute Gasteiger partial charge is 0.280 e. The van der Waals surface area contributed by atoms with E-state index in [1.54, 1.807) is 0 Å². The topological polar surface area (TPSA) is 6.25 Å². The molecule has 3 aromatic carbocycles. The Kier molecular flexibility index (Phi) is 8.11. The average Bonchev–Trinajstić information content (AvgIpc) is 3.10. The van der Waals surface area contributed by atoms with E-state index in [9.17, 15) is 0 Å². The first-order chi connectivity index (χ1) is 14.0. The first kappa shape index (κ1) is 23.4. The van der Waals surface area contributed by atoms with Crippen molar-refractivity contribution in [2.45, 2.75) is 13.1 Å². The molecule has 0 aromatic heterocycles. The van der Waals surface area contributed by atoms with E-state index in [0.717, 1.165) is 37.3 Å². The van der Waals surface area contributed by atoms with Crippen LogP contribution in [0.5, 0.6) is 0 Å². The molecule has 0 bridgehead atoms. The van der Waals surface area contributed by atoms with Crippen molar-refractivity contribution in [3.8, 4) is 0 Å². The van der Waals surface area contributed by atoms with Crippen molar-refractivity contribution in [2.24, 2.45) is 0 Å². The maximum absolute atomic E-state index is 6.23. The molecule has 0 radical (unpaired) electrons. The van der Waals surface area contributed by atoms with Crippen LogP contribution in [0.2, 0.25) is 20.1 Å². The van der Waals surface area contributed by atoms with Crippen molar-refractivity contribution in [3.05, 3.63) is 104 Å². The van der Waals surface area contributed by atoms with E-state index in [0.29, 0.717) is 20.1 Å². The predicted octanol–water partition coefficient (Wildman–Crippen LogP) is 3.78. The molecule has 0 saturated heterocycles. The van der Waals surface area contributed by atoms with Gasteiger partial charge in [-0.15, -0.1) is 0 Å². The van der Waals surface area contributed by atoms with Crippen LogP contribution in [0.1, 0.15) is 16.7 Å². The molecule has 30 heavy (non-hydrogen) atoms. The van der Waals surface area contributed by atoms with Crippen molar-refractivity contribution in [2.75, 3.05) is 13.1 Å². The molecular formula is C23H19BrCl4N2. The molecule has 4 rings (SSSR count). The molecule has 2 nitrogen and oxygen atoms in total. The quantitative estimate of drug-likeness (QED) is 0.443. The van der Waals surface area contributed by atoms with Crippen LogP contribution in [0, 0.1) is 0 Å². The number of rotatable bonds is 5. The Morgan fingerprint density at radius 3 is 1.97 bits per heavy atom. The van der Waals surface area contributed by atoms with Gasteiger partial charge in [0.05, 0.1) is 25.7 Å². The summed E-state index contributed by atoms with van der Waals surface area (Å²) in [5.74, 6) is 1.20. The Hall–Kier alpha value is -1.23. The van der Waals surface area contributed by atoms with Gasteiger partial charge in [-0.05, 0) is 47.5 Å². The summed E-state index contributed by atoms with van der Waals surface area (Å²) in [5, 5.41) is 2.31. The second-order valence-corrected chi connectivity index (χ2v) is 8.66. The zero-order valence-corrected chi connectivity index (χ0v) is 20.6. The third-order valence-electron chi connectivity index (χ3n) is 4.99. The Morgan fingerprint density at radius 2 is 1.33 bits per heavy atom. The summed E-state index contributed by atoms with van der Waals surface area (Å²) in [6.45, 7) is 3.37. The minimum absolute atomic E-state index is 0. The summed E-state index contributed by atoms with van der Waals surface area (Å²) in [4.78, 5) is 2.38. The van der Waals surface area contributed by atoms with Gasteiger partial charge in [-0.2, -0.15) is 0 Å². The third-order valence-corrected chi connectivity index (χ3v) is 6.46. The molecule has 0 fully saturated rings. The van der Waals surface area contributed by atoms with E-state index in [4.69, 9.17) is 46.4 Å². The molecule has 7 heteroatoms. The average molecular weight is 545 g/mol. The highest BCUT2D eigenvalue weighted by Crippen LogP contribution is 2.26. The van der Waals surface area contributed by atoms with Gasteiger partial charge in [-0.3, -0.25) is 9.48 Å². The van der Waals surface area contributed by atoms with Gasteiger partial charge in [0.25, 0.3) is 5.84 Å². The van der Waals surface area contributed by atoms with Crippen LogP contribution in [0.25, 0.3) is 0 Å². The second-order valence-electron chi connectivity index (χ2n) is 7.03. The van der Waals surface area contributed by atoms with Crippen LogP contribution in [0.15, 0.2) is 66.7 Å². The van der Waals surface area contributed by atoms with Crippen LogP contribution in [-0.4, -0.2) is 28.4 Å². The highest BCUT2D eigenvalue weighted by molar-refractivity contribution is 6.42. The van der Waals surface area contributed by atoms with E-state index >= 15 is 0 Å². The first-order valence-corrected chi connectivity index (χ1v) is 10.8. The van der Waals surface area contributed by atoms with Gasteiger partial charge >= 0.3 is 0 Å². The van der Waals surface area contributed by atoms with Crippen molar-refractivity contribution in [1.29, 1.82) is 0 Å². The van der Waals surface area contributed by atoms with E-state index in [2.05, 4.69) is 33.7 Å². The molecule has 3 aromatic rings. The molecule has 1 aliphatic rings. The Labute approximate surface area is 207 Å². The molecule has 156 valence electrons. The van der Waals surface area contributed by atoms with Gasteiger partial charge in [-0.25, -0.2) is 0 Å². The second kappa shape index (κ2) is 10.4. The molecule has 0 saturated carbocycles. The number of hydrogen-bond acceptors (Lipinski definition) is 1. The van der Waals surface area contributed by atoms with Gasteiger partial charge in [-0.1, -0.05) is 76.7 Å². The zero-order chi connectivity index (χ0) is 20.4. The monoisotopic (exact) mass is 542 g/mol. The standard InChI is InChI=1S/C23H19Cl4N2.BrH/c24-19-8-6-16(12-21(19)26)14-28-10-11-29(23(28)18-4-2-1-3-5-18)15-17-7-9-20(25)22(27)13-17;/h1-9,12-13H,10-11,14-15H2;1H/q+1;/p-1. The maximum atomic E-state index is 6.23. The molecule has 1 heterocycles. The fourth-order valence-corrected chi connectivity index (χ4v) is 4.27. The summed E-state index contributed by atoms with van der Waals surface area (Å²) in [7, 11) is 0. The van der Waals surface area contributed by atoms with Crippen molar-refractivity contribution in [1.82, 2.24) is 4.90 Å². The number of benzene rings is 3. The van der Waals surface area contributed by atoms with Gasteiger partial charge < -0.3 is 17.0 Å². The Balaban J connectivity index is 0.00000256. The summed E-state index contributed by atoms with van der Waals surface area (Å²) in [6.07, 6.45) is 0. The van der Waals surface area contributed by atoms with Gasteiger partial charge in [0, 0.05) is 0 Å². The van der Waals surface area contributed by atoms with E-state index in [1.807, 2.05) is 42.5 Å². The highest BCUT2D eigenvalue weighted by atomic mass is 79.9. The van der Waals surface area contributed by atoms with E-state index < -0.39 is 0 Å². The highest BCUT2D eigenvalue weighted by Gasteiger charge is 2.32. The summed E-state index contributed by atoms with van der Waals surface area (Å²) in [6, 6.07) is 22.1. The van der Waals surface area contributed by atoms with Gasteiger partial charge in [0.1, 0.15) is 26.2 Å². The minimum atomic E-state index is 0. The largest absolute Gasteiger partial charge is 1.00 e. The Morgan fingerprint density at radius 1 is 0.733 bits per heavy atom. The van der Waals surface area contributed by atoms with Crippen LogP contribution in [0.3, 0.4) is 0 Å². The molecule has 0 unspecified atom stereocenters. The van der Waals surface area contributed by atoms with Gasteiger partial charge in [0.15, 0.2) is 0 Å². The molecular weight excluding hydrogens is 526 g/mol. The summed E-state index contributed by atoms with van der Waals surface area (Å²) < 4.78 is 2.38. The minimum Gasteiger partial charge on any atom is -1.00 e. The Bertz CT molecular complexity index is 1070. The molecule has 0 atom stereocenters. The van der Waals surface area contributed by atoms with Crippen molar-refractivity contribution < 1.29 is 21.6 Å². The molecule has 1 aliphatic heterocycles. The lowest BCUT2D eigenvalue weighted by Gasteiger charge is -2.15. The molecule has 0 spiro atoms. The SMILES string of the molecule is Clc1ccc(CN2CC[N+](Cc3ccc(Cl)c(Cl)c3)=C2c2ccccc2)cc1Cl.[Br-]. The first-order valence-electron chi connectivity index (χ1n) is 9.31. The third kappa shape index (κ3) is 5.33. The lowest BCUT2D eigenvalue weighted by atomic mass is 10.1. The lowest BCUT2D eigenvalue weighted by molar-refractivity contribution is -0.533. The fraction of sp³-hybridized carbons (Fsp3) is 0.174. The van der Waals surface area contributed by atoms with Crippen LogP contribution in [-0.2, 0) is 13.1 Å². The number of halogens is 5. The van der Waals surface area contributed by atoms with Crippen LogP contribution >= 0.6 is 46.4 Å². The number of hydrogen-bond donors (Lipinski definition) is 0. The number of nitrogens with zero attached hydrogens (tertiary/aromatic N) is 2. The maximum Gasteiger partial charge on any atom is 0.280 e. The lowest BCUT2D eigenvalue weighted by Crippen LogP contribution is -3.00. The summed E-state index contributed by atoms with van der Waals surface area (Å²) >= 11 is 24.6. The van der Waals surface area contributed by atoms with Crippen molar-refractivity contribution in [3.63, 3.8) is 0 Å². The normalized spacial score (nSPS) is 13.5. The van der Waals surface area contributed by atoms with Gasteiger partial charge in [0.2, 0.25) is 0 Å². The molecule has 0 aliphatic carbocycles. The zero-order valence-electron chi connectivity index (χ0n) is 16.0. The van der Waals surface area contributed by atoms with E-state index in [1.165, 1.54) is 11.4 Å². The predicted molar refractivity (Wildman–Crippen MR) is 123 cm³/mol. The van der Waals surface area contributed by atoms with Crippen LogP contribution < -0.4 is 17.0 Å². The fourth-order valence-electron chi connectivity index (χ4n) is 3.63. The van der Waals surface area contributed by atoms with Crippen molar-refractivity contribution >= 4 is 52.2 Å². The molecule has 0 N–H and O–H groups in total. The molecule has 0 amide bonds. The number of amidine groups is 1. The van der Waals surface area contributed by atoms with Crippen LogP contribution in [0.4, 0.5) is 0 Å². The van der Waals surface area contributed by atoms with E-state index in [-0.39, 0.29) is 17.0 Å². The summed E-state index contributed by atoms with van der Waals surface area (Å²) in [5.41, 5.74) is 3.44.